The maximum Gasteiger partial charge on any atom is 0.317 e. The van der Waals surface area contributed by atoms with Gasteiger partial charge in [0.05, 0.1) is 6.54 Å². The van der Waals surface area contributed by atoms with Crippen molar-refractivity contribution in [2.45, 2.75) is 51.0 Å². The summed E-state index contributed by atoms with van der Waals surface area (Å²) in [6.07, 6.45) is 9.29. The highest BCUT2D eigenvalue weighted by Crippen LogP contribution is 2.42. The predicted molar refractivity (Wildman–Crippen MR) is 63.4 cm³/mol. The van der Waals surface area contributed by atoms with E-state index in [4.69, 9.17) is 5.11 Å². The molecule has 3 heteroatoms. The van der Waals surface area contributed by atoms with Gasteiger partial charge in [-0.05, 0) is 31.7 Å². The number of hydrogen-bond acceptors (Lipinski definition) is 2. The average molecular weight is 225 g/mol. The van der Waals surface area contributed by atoms with Crippen LogP contribution < -0.4 is 0 Å². The molecule has 0 bridgehead atoms. The summed E-state index contributed by atoms with van der Waals surface area (Å²) in [4.78, 5) is 12.8. The Balaban J connectivity index is 1.98. The molecular formula is C13H23NO2. The van der Waals surface area contributed by atoms with Gasteiger partial charge in [-0.3, -0.25) is 9.69 Å². The molecule has 0 radical (unpaired) electrons. The smallest absolute Gasteiger partial charge is 0.317 e. The summed E-state index contributed by atoms with van der Waals surface area (Å²) >= 11 is 0. The van der Waals surface area contributed by atoms with Crippen molar-refractivity contribution in [2.24, 2.45) is 11.8 Å². The summed E-state index contributed by atoms with van der Waals surface area (Å²) < 4.78 is 0. The van der Waals surface area contributed by atoms with Crippen LogP contribution in [0.2, 0.25) is 0 Å². The molecule has 0 aliphatic heterocycles. The Labute approximate surface area is 97.8 Å². The Bertz CT molecular complexity index is 252. The molecule has 2 fully saturated rings. The second-order valence-corrected chi connectivity index (χ2v) is 5.52. The van der Waals surface area contributed by atoms with Gasteiger partial charge in [-0.2, -0.15) is 0 Å². The lowest BCUT2D eigenvalue weighted by molar-refractivity contribution is -0.139. The Hall–Kier alpha value is -0.570. The van der Waals surface area contributed by atoms with E-state index >= 15 is 0 Å². The molecule has 0 amide bonds. The minimum atomic E-state index is -0.694. The van der Waals surface area contributed by atoms with Crippen molar-refractivity contribution in [3.8, 4) is 0 Å². The fraction of sp³-hybridized carbons (Fsp3) is 0.923. The molecule has 0 aromatic carbocycles. The van der Waals surface area contributed by atoms with E-state index in [0.717, 1.165) is 11.8 Å². The third kappa shape index (κ3) is 2.57. The van der Waals surface area contributed by atoms with Crippen molar-refractivity contribution in [2.75, 3.05) is 13.6 Å². The van der Waals surface area contributed by atoms with Gasteiger partial charge in [-0.25, -0.2) is 0 Å². The van der Waals surface area contributed by atoms with E-state index in [1.807, 2.05) is 7.05 Å². The first-order valence-electron chi connectivity index (χ1n) is 6.60. The van der Waals surface area contributed by atoms with Crippen LogP contribution in [0.3, 0.4) is 0 Å². The van der Waals surface area contributed by atoms with Crippen LogP contribution >= 0.6 is 0 Å². The molecule has 0 spiro atoms. The Morgan fingerprint density at radius 1 is 1.19 bits per heavy atom. The molecule has 1 N–H and O–H groups in total. The number of carboxylic acid groups (broad SMARTS) is 1. The minimum absolute atomic E-state index is 0.202. The van der Waals surface area contributed by atoms with Gasteiger partial charge in [0.15, 0.2) is 0 Å². The highest BCUT2D eigenvalue weighted by molar-refractivity contribution is 5.69. The van der Waals surface area contributed by atoms with Gasteiger partial charge >= 0.3 is 5.97 Å². The summed E-state index contributed by atoms with van der Waals surface area (Å²) in [5.41, 5.74) is 0. The van der Waals surface area contributed by atoms with Crippen LogP contribution in [0.5, 0.6) is 0 Å². The Kier molecular flexibility index (Phi) is 3.85. The predicted octanol–water partition coefficient (Wildman–Crippen LogP) is 2.36. The first-order chi connectivity index (χ1) is 7.68. The largest absolute Gasteiger partial charge is 0.480 e. The highest BCUT2D eigenvalue weighted by Gasteiger charge is 2.36. The minimum Gasteiger partial charge on any atom is -0.480 e. The second-order valence-electron chi connectivity index (χ2n) is 5.52. The third-order valence-electron chi connectivity index (χ3n) is 4.49. The van der Waals surface area contributed by atoms with Crippen molar-refractivity contribution in [3.63, 3.8) is 0 Å². The van der Waals surface area contributed by atoms with E-state index in [2.05, 4.69) is 4.90 Å². The lowest BCUT2D eigenvalue weighted by atomic mass is 9.68. The van der Waals surface area contributed by atoms with Gasteiger partial charge in [0.1, 0.15) is 0 Å². The van der Waals surface area contributed by atoms with Crippen molar-refractivity contribution in [1.82, 2.24) is 4.90 Å². The molecule has 0 aromatic rings. The number of carboxylic acids is 1. The van der Waals surface area contributed by atoms with Crippen LogP contribution in [-0.4, -0.2) is 35.6 Å². The van der Waals surface area contributed by atoms with Crippen LogP contribution in [0.15, 0.2) is 0 Å². The molecule has 3 atom stereocenters. The number of likely N-dealkylation sites (N-methyl/N-ethyl adjacent to an activating group) is 1. The average Bonchev–Trinajstić information content (AvgIpc) is 2.27. The zero-order chi connectivity index (χ0) is 11.5. The molecule has 16 heavy (non-hydrogen) atoms. The lowest BCUT2D eigenvalue weighted by Gasteiger charge is -2.44. The number of hydrogen-bond donors (Lipinski definition) is 1. The third-order valence-corrected chi connectivity index (χ3v) is 4.49. The molecule has 2 rings (SSSR count). The molecule has 3 nitrogen and oxygen atoms in total. The molecule has 0 aromatic heterocycles. The number of nitrogens with zero attached hydrogens (tertiary/aromatic N) is 1. The van der Waals surface area contributed by atoms with Crippen LogP contribution in [0.4, 0.5) is 0 Å². The number of rotatable bonds is 3. The van der Waals surface area contributed by atoms with E-state index in [9.17, 15) is 4.79 Å². The molecule has 2 aliphatic carbocycles. The van der Waals surface area contributed by atoms with Crippen molar-refractivity contribution in [1.29, 1.82) is 0 Å². The first-order valence-corrected chi connectivity index (χ1v) is 6.60. The van der Waals surface area contributed by atoms with Gasteiger partial charge in [0, 0.05) is 6.04 Å². The van der Waals surface area contributed by atoms with Crippen molar-refractivity contribution >= 4 is 5.97 Å². The van der Waals surface area contributed by atoms with Crippen molar-refractivity contribution < 1.29 is 9.90 Å². The highest BCUT2D eigenvalue weighted by atomic mass is 16.4. The molecule has 3 unspecified atom stereocenters. The van der Waals surface area contributed by atoms with E-state index in [-0.39, 0.29) is 6.54 Å². The summed E-state index contributed by atoms with van der Waals surface area (Å²) in [5.74, 6) is 0.955. The van der Waals surface area contributed by atoms with Gasteiger partial charge in [0.25, 0.3) is 0 Å². The number of aliphatic carboxylic acids is 1. The Morgan fingerprint density at radius 3 is 2.62 bits per heavy atom. The molecular weight excluding hydrogens is 202 g/mol. The SMILES string of the molecule is CN(CC(=O)O)C1CCCC2CCCCC21. The summed E-state index contributed by atoms with van der Waals surface area (Å²) in [7, 11) is 1.98. The van der Waals surface area contributed by atoms with Crippen LogP contribution in [-0.2, 0) is 4.79 Å². The molecule has 2 aliphatic rings. The summed E-state index contributed by atoms with van der Waals surface area (Å²) in [6, 6.07) is 0.523. The van der Waals surface area contributed by atoms with E-state index in [1.165, 1.54) is 44.9 Å². The Morgan fingerprint density at radius 2 is 1.88 bits per heavy atom. The maximum absolute atomic E-state index is 10.8. The first kappa shape index (κ1) is 11.9. The summed E-state index contributed by atoms with van der Waals surface area (Å²) in [6.45, 7) is 0.202. The van der Waals surface area contributed by atoms with Gasteiger partial charge < -0.3 is 5.11 Å². The summed E-state index contributed by atoms with van der Waals surface area (Å²) in [5, 5.41) is 8.87. The topological polar surface area (TPSA) is 40.5 Å². The van der Waals surface area contributed by atoms with Gasteiger partial charge in [-0.1, -0.05) is 32.1 Å². The monoisotopic (exact) mass is 225 g/mol. The fourth-order valence-corrected chi connectivity index (χ4v) is 3.78. The van der Waals surface area contributed by atoms with Crippen LogP contribution in [0.25, 0.3) is 0 Å². The van der Waals surface area contributed by atoms with Gasteiger partial charge in [-0.15, -0.1) is 0 Å². The van der Waals surface area contributed by atoms with Crippen LogP contribution in [0, 0.1) is 11.8 Å². The van der Waals surface area contributed by atoms with E-state index in [0.29, 0.717) is 6.04 Å². The van der Waals surface area contributed by atoms with Gasteiger partial charge in [0.2, 0.25) is 0 Å². The lowest BCUT2D eigenvalue weighted by Crippen LogP contribution is -2.46. The molecule has 92 valence electrons. The molecule has 0 heterocycles. The maximum atomic E-state index is 10.8. The van der Waals surface area contributed by atoms with E-state index in [1.54, 1.807) is 0 Å². The van der Waals surface area contributed by atoms with E-state index < -0.39 is 5.97 Å². The van der Waals surface area contributed by atoms with Crippen molar-refractivity contribution in [3.05, 3.63) is 0 Å². The fourth-order valence-electron chi connectivity index (χ4n) is 3.78. The van der Waals surface area contributed by atoms with Crippen LogP contribution in [0.1, 0.15) is 44.9 Å². The number of fused-ring (bicyclic) bond motifs is 1. The zero-order valence-corrected chi connectivity index (χ0v) is 10.2. The molecule has 2 saturated carbocycles. The second kappa shape index (κ2) is 5.17. The standard InChI is InChI=1S/C13H23NO2/c1-14(9-13(15)16)12-8-4-6-10-5-2-3-7-11(10)12/h10-12H,2-9H2,1H3,(H,15,16). The zero-order valence-electron chi connectivity index (χ0n) is 10.2. The number of carbonyl (C=O) groups is 1. The molecule has 0 saturated heterocycles. The quantitative estimate of drug-likeness (QED) is 0.801. The normalized spacial score (nSPS) is 34.8.